The van der Waals surface area contributed by atoms with E-state index in [0.29, 0.717) is 23.4 Å². The zero-order valence-electron chi connectivity index (χ0n) is 14.7. The number of nitrogens with one attached hydrogen (secondary N) is 2. The van der Waals surface area contributed by atoms with Gasteiger partial charge in [-0.15, -0.1) is 0 Å². The highest BCUT2D eigenvalue weighted by molar-refractivity contribution is 6.30. The van der Waals surface area contributed by atoms with E-state index in [2.05, 4.69) is 10.6 Å². The van der Waals surface area contributed by atoms with E-state index < -0.39 is 12.0 Å². The lowest BCUT2D eigenvalue weighted by atomic mass is 9.97. The third-order valence-corrected chi connectivity index (χ3v) is 4.32. The van der Waals surface area contributed by atoms with Crippen LogP contribution < -0.4 is 10.6 Å². The molecule has 138 valence electrons. The fourth-order valence-electron chi connectivity index (χ4n) is 2.27. The molecule has 7 heteroatoms. The fourth-order valence-corrected chi connectivity index (χ4v) is 2.40. The van der Waals surface area contributed by atoms with Crippen LogP contribution in [0.25, 0.3) is 0 Å². The minimum atomic E-state index is -0.907. The van der Waals surface area contributed by atoms with Crippen molar-refractivity contribution < 1.29 is 19.5 Å². The van der Waals surface area contributed by atoms with E-state index in [1.54, 1.807) is 31.2 Å². The predicted molar refractivity (Wildman–Crippen MR) is 96.6 cm³/mol. The second-order valence-corrected chi connectivity index (χ2v) is 6.62. The summed E-state index contributed by atoms with van der Waals surface area (Å²) in [6.45, 7) is 5.57. The van der Waals surface area contributed by atoms with Gasteiger partial charge in [-0.3, -0.25) is 14.4 Å². The summed E-state index contributed by atoms with van der Waals surface area (Å²) in [7, 11) is 0. The molecule has 3 unspecified atom stereocenters. The molecule has 3 N–H and O–H groups in total. The van der Waals surface area contributed by atoms with Crippen molar-refractivity contribution in [3.8, 4) is 0 Å². The zero-order chi connectivity index (χ0) is 19.0. The Morgan fingerprint density at radius 1 is 1.12 bits per heavy atom. The highest BCUT2D eigenvalue weighted by atomic mass is 35.5. The van der Waals surface area contributed by atoms with Crippen molar-refractivity contribution in [2.24, 2.45) is 5.92 Å². The van der Waals surface area contributed by atoms with Gasteiger partial charge in [0.2, 0.25) is 5.91 Å². The molecule has 1 aromatic rings. The normalized spacial score (nSPS) is 14.2. The van der Waals surface area contributed by atoms with Gasteiger partial charge in [-0.25, -0.2) is 0 Å². The lowest BCUT2D eigenvalue weighted by Crippen LogP contribution is -2.52. The molecule has 2 amide bonds. The predicted octanol–water partition coefficient (Wildman–Crippen LogP) is 2.85. The van der Waals surface area contributed by atoms with Gasteiger partial charge in [-0.2, -0.15) is 0 Å². The number of amides is 2. The molecule has 1 rings (SSSR count). The van der Waals surface area contributed by atoms with E-state index >= 15 is 0 Å². The third kappa shape index (κ3) is 7.13. The van der Waals surface area contributed by atoms with Crippen LogP contribution in [0, 0.1) is 5.92 Å². The average Bonchev–Trinajstić information content (AvgIpc) is 2.57. The Bertz CT molecular complexity index is 604. The molecule has 25 heavy (non-hydrogen) atoms. The molecule has 0 fully saturated rings. The van der Waals surface area contributed by atoms with Crippen molar-refractivity contribution >= 4 is 29.4 Å². The molecule has 0 aromatic heterocycles. The molecule has 0 heterocycles. The van der Waals surface area contributed by atoms with Crippen LogP contribution in [0.1, 0.15) is 50.4 Å². The molecule has 0 aliphatic heterocycles. The van der Waals surface area contributed by atoms with Gasteiger partial charge < -0.3 is 15.7 Å². The summed E-state index contributed by atoms with van der Waals surface area (Å²) >= 11 is 5.82. The Morgan fingerprint density at radius 3 is 2.24 bits per heavy atom. The largest absolute Gasteiger partial charge is 0.481 e. The number of carbonyl (C=O) groups excluding carboxylic acids is 2. The first-order chi connectivity index (χ1) is 11.7. The third-order valence-electron chi connectivity index (χ3n) is 4.07. The van der Waals surface area contributed by atoms with Gasteiger partial charge in [-0.1, -0.05) is 31.9 Å². The number of rotatable bonds is 9. The van der Waals surface area contributed by atoms with Crippen molar-refractivity contribution in [1.82, 2.24) is 10.6 Å². The van der Waals surface area contributed by atoms with Gasteiger partial charge in [0.1, 0.15) is 6.04 Å². The Morgan fingerprint density at radius 2 is 1.72 bits per heavy atom. The van der Waals surface area contributed by atoms with E-state index in [1.165, 1.54) is 0 Å². The molecule has 3 atom stereocenters. The number of carboxylic acid groups (broad SMARTS) is 1. The SMILES string of the molecule is CCC(C)C(NC(=O)c1ccc(Cl)cc1)C(=O)NC(C)CCC(=O)O. The van der Waals surface area contributed by atoms with Crippen LogP contribution in [-0.2, 0) is 9.59 Å². The molecule has 0 radical (unpaired) electrons. The van der Waals surface area contributed by atoms with Gasteiger partial charge in [0, 0.05) is 23.0 Å². The van der Waals surface area contributed by atoms with Crippen LogP contribution in [0.4, 0.5) is 0 Å². The molecular formula is C18H25ClN2O4. The fraction of sp³-hybridized carbons (Fsp3) is 0.500. The Kier molecular flexibility index (Phi) is 8.41. The topological polar surface area (TPSA) is 95.5 Å². The molecule has 0 aliphatic rings. The first kappa shape index (κ1) is 21.0. The van der Waals surface area contributed by atoms with Crippen LogP contribution in [0.3, 0.4) is 0 Å². The van der Waals surface area contributed by atoms with Crippen LogP contribution >= 0.6 is 11.6 Å². The number of halogens is 1. The summed E-state index contributed by atoms with van der Waals surface area (Å²) < 4.78 is 0. The van der Waals surface area contributed by atoms with Crippen molar-refractivity contribution in [2.75, 3.05) is 0 Å². The summed E-state index contributed by atoms with van der Waals surface area (Å²) in [6, 6.07) is 5.44. The summed E-state index contributed by atoms with van der Waals surface area (Å²) in [4.78, 5) is 35.5. The molecular weight excluding hydrogens is 344 g/mol. The maximum Gasteiger partial charge on any atom is 0.303 e. The van der Waals surface area contributed by atoms with Crippen LogP contribution in [0.5, 0.6) is 0 Å². The van der Waals surface area contributed by atoms with Crippen molar-refractivity contribution in [1.29, 1.82) is 0 Å². The Hall–Kier alpha value is -2.08. The highest BCUT2D eigenvalue weighted by Gasteiger charge is 2.27. The number of aliphatic carboxylic acids is 1. The molecule has 0 bridgehead atoms. The molecule has 0 saturated carbocycles. The van der Waals surface area contributed by atoms with Crippen molar-refractivity contribution in [3.63, 3.8) is 0 Å². The monoisotopic (exact) mass is 368 g/mol. The Balaban J connectivity index is 2.75. The zero-order valence-corrected chi connectivity index (χ0v) is 15.5. The maximum absolute atomic E-state index is 12.5. The van der Waals surface area contributed by atoms with Crippen LogP contribution in [-0.4, -0.2) is 35.0 Å². The summed E-state index contributed by atoms with van der Waals surface area (Å²) in [5, 5.41) is 14.8. The quantitative estimate of drug-likeness (QED) is 0.624. The summed E-state index contributed by atoms with van der Waals surface area (Å²) in [6.07, 6.45) is 1.02. The van der Waals surface area contributed by atoms with Crippen LogP contribution in [0.15, 0.2) is 24.3 Å². The van der Waals surface area contributed by atoms with E-state index in [-0.39, 0.29) is 30.2 Å². The number of benzene rings is 1. The van der Waals surface area contributed by atoms with E-state index in [4.69, 9.17) is 16.7 Å². The van der Waals surface area contributed by atoms with E-state index in [9.17, 15) is 14.4 Å². The molecule has 0 spiro atoms. The Labute approximate surface area is 152 Å². The lowest BCUT2D eigenvalue weighted by molar-refractivity contribution is -0.137. The lowest BCUT2D eigenvalue weighted by Gasteiger charge is -2.25. The minimum Gasteiger partial charge on any atom is -0.481 e. The summed E-state index contributed by atoms with van der Waals surface area (Å²) in [5.74, 6) is -1.64. The van der Waals surface area contributed by atoms with E-state index in [1.807, 2.05) is 13.8 Å². The smallest absolute Gasteiger partial charge is 0.303 e. The number of hydrogen-bond donors (Lipinski definition) is 3. The van der Waals surface area contributed by atoms with Gasteiger partial charge in [0.15, 0.2) is 0 Å². The second-order valence-electron chi connectivity index (χ2n) is 6.19. The molecule has 6 nitrogen and oxygen atoms in total. The number of carbonyl (C=O) groups is 3. The number of carboxylic acids is 1. The second kappa shape index (κ2) is 10.0. The molecule has 0 saturated heterocycles. The average molecular weight is 369 g/mol. The molecule has 0 aliphatic carbocycles. The highest BCUT2D eigenvalue weighted by Crippen LogP contribution is 2.13. The van der Waals surface area contributed by atoms with Crippen molar-refractivity contribution in [3.05, 3.63) is 34.9 Å². The first-order valence-corrected chi connectivity index (χ1v) is 8.71. The number of hydrogen-bond acceptors (Lipinski definition) is 3. The van der Waals surface area contributed by atoms with Crippen LogP contribution in [0.2, 0.25) is 5.02 Å². The van der Waals surface area contributed by atoms with Gasteiger partial charge in [-0.05, 0) is 43.5 Å². The van der Waals surface area contributed by atoms with Gasteiger partial charge in [0.05, 0.1) is 0 Å². The van der Waals surface area contributed by atoms with E-state index in [0.717, 1.165) is 0 Å². The molecule has 1 aromatic carbocycles. The minimum absolute atomic E-state index is 0.0213. The first-order valence-electron chi connectivity index (χ1n) is 8.33. The standard InChI is InChI=1S/C18H25ClN2O4/c1-4-11(2)16(18(25)20-12(3)5-10-15(22)23)21-17(24)13-6-8-14(19)9-7-13/h6-9,11-12,16H,4-5,10H2,1-3H3,(H,20,25)(H,21,24)(H,22,23). The van der Waals surface area contributed by atoms with Crippen molar-refractivity contribution in [2.45, 2.75) is 52.1 Å². The summed E-state index contributed by atoms with van der Waals surface area (Å²) in [5.41, 5.74) is 0.421. The van der Waals surface area contributed by atoms with Gasteiger partial charge >= 0.3 is 5.97 Å². The van der Waals surface area contributed by atoms with Gasteiger partial charge in [0.25, 0.3) is 5.91 Å². The maximum atomic E-state index is 12.5.